The molecule has 18 heavy (non-hydrogen) atoms. The van der Waals surface area contributed by atoms with Crippen LogP contribution in [0, 0.1) is 13.8 Å². The van der Waals surface area contributed by atoms with Crippen molar-refractivity contribution < 1.29 is 14.7 Å². The summed E-state index contributed by atoms with van der Waals surface area (Å²) in [6.07, 6.45) is -0.0970. The minimum atomic E-state index is -0.936. The van der Waals surface area contributed by atoms with Crippen molar-refractivity contribution in [2.45, 2.75) is 33.2 Å². The van der Waals surface area contributed by atoms with Crippen LogP contribution in [0.3, 0.4) is 0 Å². The number of benzene rings is 1. The van der Waals surface area contributed by atoms with Gasteiger partial charge in [0.05, 0.1) is 6.42 Å². The quantitative estimate of drug-likeness (QED) is 0.767. The number of urea groups is 1. The average Bonchev–Trinajstić information content (AvgIpc) is 2.12. The molecule has 0 spiro atoms. The van der Waals surface area contributed by atoms with E-state index in [0.29, 0.717) is 5.69 Å². The predicted octanol–water partition coefficient (Wildman–Crippen LogP) is 2.29. The third-order valence-corrected chi connectivity index (χ3v) is 2.34. The molecule has 0 saturated heterocycles. The number of aryl methyl sites for hydroxylation is 2. The van der Waals surface area contributed by atoms with Crippen LogP contribution < -0.4 is 10.6 Å². The topological polar surface area (TPSA) is 78.4 Å². The first kappa shape index (κ1) is 14.0. The monoisotopic (exact) mass is 250 g/mol. The summed E-state index contributed by atoms with van der Waals surface area (Å²) in [5.74, 6) is -0.936. The molecule has 1 aromatic rings. The normalized spacial score (nSPS) is 11.7. The lowest BCUT2D eigenvalue weighted by Crippen LogP contribution is -2.37. The first-order valence-corrected chi connectivity index (χ1v) is 5.74. The van der Waals surface area contributed by atoms with Crippen LogP contribution in [-0.2, 0) is 4.79 Å². The second-order valence-corrected chi connectivity index (χ2v) is 4.47. The van der Waals surface area contributed by atoms with Gasteiger partial charge in [0, 0.05) is 11.7 Å². The maximum absolute atomic E-state index is 11.6. The molecule has 0 aromatic heterocycles. The van der Waals surface area contributed by atoms with Crippen LogP contribution in [0.2, 0.25) is 0 Å². The molecule has 0 heterocycles. The van der Waals surface area contributed by atoms with Crippen molar-refractivity contribution in [2.75, 3.05) is 5.32 Å². The third-order valence-electron chi connectivity index (χ3n) is 2.34. The second kappa shape index (κ2) is 6.05. The van der Waals surface area contributed by atoms with Gasteiger partial charge in [0.2, 0.25) is 0 Å². The van der Waals surface area contributed by atoms with E-state index in [1.54, 1.807) is 6.92 Å². The van der Waals surface area contributed by atoms with Gasteiger partial charge < -0.3 is 15.7 Å². The SMILES string of the molecule is Cc1cc(C)cc(NC(=O)NC(C)CC(=O)O)c1. The van der Waals surface area contributed by atoms with Gasteiger partial charge in [-0.15, -0.1) is 0 Å². The van der Waals surface area contributed by atoms with Gasteiger partial charge in [0.25, 0.3) is 0 Å². The van der Waals surface area contributed by atoms with Crippen molar-refractivity contribution in [3.05, 3.63) is 29.3 Å². The van der Waals surface area contributed by atoms with Gasteiger partial charge in [-0.25, -0.2) is 4.79 Å². The molecule has 5 nitrogen and oxygen atoms in total. The molecule has 0 aliphatic carbocycles. The van der Waals surface area contributed by atoms with E-state index in [-0.39, 0.29) is 6.42 Å². The van der Waals surface area contributed by atoms with E-state index < -0.39 is 18.0 Å². The highest BCUT2D eigenvalue weighted by Gasteiger charge is 2.10. The summed E-state index contributed by atoms with van der Waals surface area (Å²) in [6, 6.07) is 4.92. The zero-order valence-electron chi connectivity index (χ0n) is 10.8. The minimum Gasteiger partial charge on any atom is -0.481 e. The molecule has 1 rings (SSSR count). The zero-order chi connectivity index (χ0) is 13.7. The van der Waals surface area contributed by atoms with Crippen LogP contribution in [0.1, 0.15) is 24.5 Å². The lowest BCUT2D eigenvalue weighted by molar-refractivity contribution is -0.137. The van der Waals surface area contributed by atoms with Crippen molar-refractivity contribution in [1.82, 2.24) is 5.32 Å². The number of amides is 2. The van der Waals surface area contributed by atoms with Crippen molar-refractivity contribution in [2.24, 2.45) is 0 Å². The first-order chi connectivity index (χ1) is 8.36. The fourth-order valence-corrected chi connectivity index (χ4v) is 1.75. The Hall–Kier alpha value is -2.04. The fourth-order valence-electron chi connectivity index (χ4n) is 1.75. The molecule has 3 N–H and O–H groups in total. The van der Waals surface area contributed by atoms with E-state index in [1.165, 1.54) is 0 Å². The summed E-state index contributed by atoms with van der Waals surface area (Å²) in [5.41, 5.74) is 2.82. The predicted molar refractivity (Wildman–Crippen MR) is 69.8 cm³/mol. The van der Waals surface area contributed by atoms with Crippen LogP contribution in [0.15, 0.2) is 18.2 Å². The van der Waals surface area contributed by atoms with E-state index in [4.69, 9.17) is 5.11 Å². The van der Waals surface area contributed by atoms with E-state index in [9.17, 15) is 9.59 Å². The van der Waals surface area contributed by atoms with Crippen LogP contribution >= 0.6 is 0 Å². The number of carboxylic acids is 1. The van der Waals surface area contributed by atoms with E-state index in [2.05, 4.69) is 10.6 Å². The molecule has 0 aliphatic heterocycles. The average molecular weight is 250 g/mol. The third kappa shape index (κ3) is 4.86. The first-order valence-electron chi connectivity index (χ1n) is 5.74. The minimum absolute atomic E-state index is 0.0970. The Morgan fingerprint density at radius 1 is 1.22 bits per heavy atom. The molecule has 1 atom stereocenters. The number of carbonyl (C=O) groups is 2. The molecule has 98 valence electrons. The summed E-state index contributed by atoms with van der Waals surface area (Å²) in [4.78, 5) is 22.1. The molecule has 5 heteroatoms. The molecular weight excluding hydrogens is 232 g/mol. The highest BCUT2D eigenvalue weighted by molar-refractivity contribution is 5.89. The van der Waals surface area contributed by atoms with Crippen LogP contribution in [-0.4, -0.2) is 23.1 Å². The molecule has 0 saturated carbocycles. The number of rotatable bonds is 4. The molecule has 0 fully saturated rings. The standard InChI is InChI=1S/C13H18N2O3/c1-8-4-9(2)6-11(5-8)15-13(18)14-10(3)7-12(16)17/h4-6,10H,7H2,1-3H3,(H,16,17)(H2,14,15,18). The molecule has 0 radical (unpaired) electrons. The highest BCUT2D eigenvalue weighted by atomic mass is 16.4. The summed E-state index contributed by atoms with van der Waals surface area (Å²) in [6.45, 7) is 5.54. The summed E-state index contributed by atoms with van der Waals surface area (Å²) in [5, 5.41) is 13.8. The molecule has 1 unspecified atom stereocenters. The number of hydrogen-bond donors (Lipinski definition) is 3. The number of carboxylic acid groups (broad SMARTS) is 1. The Balaban J connectivity index is 2.56. The maximum atomic E-state index is 11.6. The van der Waals surface area contributed by atoms with Gasteiger partial charge >= 0.3 is 12.0 Å². The lowest BCUT2D eigenvalue weighted by atomic mass is 10.1. The van der Waals surface area contributed by atoms with Crippen molar-refractivity contribution in [1.29, 1.82) is 0 Å². The van der Waals surface area contributed by atoms with Gasteiger partial charge in [0.15, 0.2) is 0 Å². The summed E-state index contributed by atoms with van der Waals surface area (Å²) < 4.78 is 0. The zero-order valence-corrected chi connectivity index (χ0v) is 10.8. The van der Waals surface area contributed by atoms with E-state index >= 15 is 0 Å². The molecule has 2 amide bonds. The van der Waals surface area contributed by atoms with Gasteiger partial charge in [-0.05, 0) is 44.0 Å². The van der Waals surface area contributed by atoms with Crippen molar-refractivity contribution in [3.63, 3.8) is 0 Å². The van der Waals surface area contributed by atoms with E-state index in [0.717, 1.165) is 11.1 Å². The fraction of sp³-hybridized carbons (Fsp3) is 0.385. The van der Waals surface area contributed by atoms with Gasteiger partial charge in [-0.2, -0.15) is 0 Å². The number of aliphatic carboxylic acids is 1. The molecule has 1 aromatic carbocycles. The maximum Gasteiger partial charge on any atom is 0.319 e. The van der Waals surface area contributed by atoms with Gasteiger partial charge in [-0.3, -0.25) is 4.79 Å². The number of nitrogens with one attached hydrogen (secondary N) is 2. The summed E-state index contributed by atoms with van der Waals surface area (Å²) in [7, 11) is 0. The van der Waals surface area contributed by atoms with Gasteiger partial charge in [-0.1, -0.05) is 6.07 Å². The van der Waals surface area contributed by atoms with Crippen LogP contribution in [0.5, 0.6) is 0 Å². The Bertz CT molecular complexity index is 437. The van der Waals surface area contributed by atoms with Gasteiger partial charge in [0.1, 0.15) is 0 Å². The Morgan fingerprint density at radius 2 is 1.78 bits per heavy atom. The molecule has 0 bridgehead atoms. The molecule has 0 aliphatic rings. The largest absolute Gasteiger partial charge is 0.481 e. The van der Waals surface area contributed by atoms with Crippen molar-refractivity contribution >= 4 is 17.7 Å². The number of hydrogen-bond acceptors (Lipinski definition) is 2. The van der Waals surface area contributed by atoms with Crippen LogP contribution in [0.25, 0.3) is 0 Å². The smallest absolute Gasteiger partial charge is 0.319 e. The van der Waals surface area contributed by atoms with Crippen LogP contribution in [0.4, 0.5) is 10.5 Å². The lowest BCUT2D eigenvalue weighted by Gasteiger charge is -2.13. The highest BCUT2D eigenvalue weighted by Crippen LogP contribution is 2.13. The summed E-state index contributed by atoms with van der Waals surface area (Å²) >= 11 is 0. The van der Waals surface area contributed by atoms with E-state index in [1.807, 2.05) is 32.0 Å². The Labute approximate surface area is 106 Å². The van der Waals surface area contributed by atoms with Crippen molar-refractivity contribution in [3.8, 4) is 0 Å². The Kier molecular flexibility index (Phi) is 4.71. The Morgan fingerprint density at radius 3 is 2.28 bits per heavy atom. The number of carbonyl (C=O) groups excluding carboxylic acids is 1. The molecular formula is C13H18N2O3. The second-order valence-electron chi connectivity index (χ2n) is 4.47. The number of anilines is 1.